The highest BCUT2D eigenvalue weighted by atomic mass is 79.9. The first-order valence-electron chi connectivity index (χ1n) is 6.21. The lowest BCUT2D eigenvalue weighted by atomic mass is 10.1. The average molecular weight is 357 g/mol. The highest BCUT2D eigenvalue weighted by molar-refractivity contribution is 9.10. The van der Waals surface area contributed by atoms with Crippen molar-refractivity contribution in [1.82, 2.24) is 4.98 Å². The standard InChI is InChI=1S/C14H17BrN2S2/c1-3-11(16)13(12-7-6-9(2)18-12)19-14-10(15)5-4-8-17-14/h4-8,11,13H,3,16H2,1-2H3. The number of aromatic nitrogens is 1. The Bertz CT molecular complexity index is 542. The summed E-state index contributed by atoms with van der Waals surface area (Å²) in [5.41, 5.74) is 6.30. The van der Waals surface area contributed by atoms with Gasteiger partial charge in [0.15, 0.2) is 0 Å². The number of aryl methyl sites for hydroxylation is 1. The molecule has 0 saturated heterocycles. The van der Waals surface area contributed by atoms with Crippen molar-refractivity contribution in [3.8, 4) is 0 Å². The zero-order valence-electron chi connectivity index (χ0n) is 11.0. The first-order chi connectivity index (χ1) is 9.11. The Labute approximate surface area is 131 Å². The second-order valence-electron chi connectivity index (χ2n) is 4.35. The number of halogens is 1. The fourth-order valence-corrected chi connectivity index (χ4v) is 4.62. The van der Waals surface area contributed by atoms with Crippen LogP contribution in [0.2, 0.25) is 0 Å². The van der Waals surface area contributed by atoms with Crippen molar-refractivity contribution in [2.24, 2.45) is 5.73 Å². The van der Waals surface area contributed by atoms with E-state index in [1.54, 1.807) is 11.8 Å². The lowest BCUT2D eigenvalue weighted by Gasteiger charge is -2.21. The smallest absolute Gasteiger partial charge is 0.111 e. The number of hydrogen-bond donors (Lipinski definition) is 1. The van der Waals surface area contributed by atoms with E-state index in [1.807, 2.05) is 29.7 Å². The van der Waals surface area contributed by atoms with Crippen LogP contribution in [0.5, 0.6) is 0 Å². The molecule has 0 aliphatic carbocycles. The minimum atomic E-state index is 0.136. The van der Waals surface area contributed by atoms with E-state index in [-0.39, 0.29) is 11.3 Å². The molecule has 0 amide bonds. The molecule has 2 aromatic rings. The first kappa shape index (κ1) is 15.0. The summed E-state index contributed by atoms with van der Waals surface area (Å²) in [5, 5.41) is 1.26. The van der Waals surface area contributed by atoms with Crippen molar-refractivity contribution in [3.05, 3.63) is 44.7 Å². The summed E-state index contributed by atoms with van der Waals surface area (Å²) >= 11 is 7.12. The molecular formula is C14H17BrN2S2. The van der Waals surface area contributed by atoms with Crippen LogP contribution in [0, 0.1) is 6.92 Å². The molecule has 2 atom stereocenters. The van der Waals surface area contributed by atoms with Crippen molar-refractivity contribution in [2.75, 3.05) is 0 Å². The molecule has 19 heavy (non-hydrogen) atoms. The van der Waals surface area contributed by atoms with Crippen LogP contribution in [0.3, 0.4) is 0 Å². The van der Waals surface area contributed by atoms with Crippen LogP contribution in [-0.2, 0) is 0 Å². The van der Waals surface area contributed by atoms with E-state index < -0.39 is 0 Å². The number of hydrogen-bond acceptors (Lipinski definition) is 4. The quantitative estimate of drug-likeness (QED) is 0.783. The molecule has 2 heterocycles. The minimum Gasteiger partial charge on any atom is -0.326 e. The lowest BCUT2D eigenvalue weighted by molar-refractivity contribution is 0.639. The molecule has 0 bridgehead atoms. The Morgan fingerprint density at radius 2 is 2.21 bits per heavy atom. The van der Waals surface area contributed by atoms with Crippen molar-refractivity contribution in [3.63, 3.8) is 0 Å². The molecule has 0 fully saturated rings. The van der Waals surface area contributed by atoms with Gasteiger partial charge in [-0.2, -0.15) is 0 Å². The Kier molecular flexibility index (Phi) is 5.45. The highest BCUT2D eigenvalue weighted by Gasteiger charge is 2.22. The summed E-state index contributed by atoms with van der Waals surface area (Å²) < 4.78 is 1.03. The zero-order chi connectivity index (χ0) is 13.8. The molecule has 0 spiro atoms. The monoisotopic (exact) mass is 356 g/mol. The summed E-state index contributed by atoms with van der Waals surface area (Å²) in [4.78, 5) is 7.08. The van der Waals surface area contributed by atoms with Gasteiger partial charge in [-0.3, -0.25) is 0 Å². The van der Waals surface area contributed by atoms with Gasteiger partial charge in [0.25, 0.3) is 0 Å². The van der Waals surface area contributed by atoms with Gasteiger partial charge in [0.05, 0.1) is 5.25 Å². The summed E-state index contributed by atoms with van der Waals surface area (Å²) in [7, 11) is 0. The number of nitrogens with two attached hydrogens (primary N) is 1. The maximum atomic E-state index is 6.30. The minimum absolute atomic E-state index is 0.136. The summed E-state index contributed by atoms with van der Waals surface area (Å²) in [6.45, 7) is 4.26. The number of rotatable bonds is 5. The van der Waals surface area contributed by atoms with Crippen LogP contribution >= 0.6 is 39.0 Å². The maximum Gasteiger partial charge on any atom is 0.111 e. The molecule has 2 unspecified atom stereocenters. The van der Waals surface area contributed by atoms with Gasteiger partial charge in [0.2, 0.25) is 0 Å². The molecule has 0 radical (unpaired) electrons. The topological polar surface area (TPSA) is 38.9 Å². The number of pyridine rings is 1. The third-order valence-electron chi connectivity index (χ3n) is 2.87. The van der Waals surface area contributed by atoms with Gasteiger partial charge < -0.3 is 5.73 Å². The number of thioether (sulfide) groups is 1. The predicted molar refractivity (Wildman–Crippen MR) is 87.9 cm³/mol. The molecule has 0 aromatic carbocycles. The molecule has 2 rings (SSSR count). The lowest BCUT2D eigenvalue weighted by Crippen LogP contribution is -2.25. The fourth-order valence-electron chi connectivity index (χ4n) is 1.76. The third kappa shape index (κ3) is 3.81. The van der Waals surface area contributed by atoms with Gasteiger partial charge in [0.1, 0.15) is 5.03 Å². The molecular weight excluding hydrogens is 340 g/mol. The normalized spacial score (nSPS) is 14.3. The van der Waals surface area contributed by atoms with E-state index in [2.05, 4.69) is 46.9 Å². The van der Waals surface area contributed by atoms with Crippen LogP contribution in [-0.4, -0.2) is 11.0 Å². The Morgan fingerprint density at radius 3 is 2.79 bits per heavy atom. The van der Waals surface area contributed by atoms with Crippen molar-refractivity contribution in [2.45, 2.75) is 36.6 Å². The third-order valence-corrected chi connectivity index (χ3v) is 6.41. The number of thiophene rings is 1. The second kappa shape index (κ2) is 6.88. The van der Waals surface area contributed by atoms with Gasteiger partial charge in [-0.15, -0.1) is 11.3 Å². The number of nitrogens with zero attached hydrogens (tertiary/aromatic N) is 1. The van der Waals surface area contributed by atoms with E-state index >= 15 is 0 Å². The van der Waals surface area contributed by atoms with Crippen molar-refractivity contribution >= 4 is 39.0 Å². The molecule has 2 nitrogen and oxygen atoms in total. The van der Waals surface area contributed by atoms with Crippen LogP contribution in [0.4, 0.5) is 0 Å². The summed E-state index contributed by atoms with van der Waals surface area (Å²) in [6.07, 6.45) is 2.78. The molecule has 2 N–H and O–H groups in total. The Balaban J connectivity index is 2.27. The summed E-state index contributed by atoms with van der Waals surface area (Å²) in [6, 6.07) is 8.42. The van der Waals surface area contributed by atoms with Gasteiger partial charge in [-0.05, 0) is 53.5 Å². The zero-order valence-corrected chi connectivity index (χ0v) is 14.2. The van der Waals surface area contributed by atoms with Gasteiger partial charge in [0, 0.05) is 26.5 Å². The van der Waals surface area contributed by atoms with Crippen LogP contribution in [0.1, 0.15) is 28.3 Å². The van der Waals surface area contributed by atoms with E-state index in [1.165, 1.54) is 9.75 Å². The van der Waals surface area contributed by atoms with Crippen molar-refractivity contribution < 1.29 is 0 Å². The van der Waals surface area contributed by atoms with E-state index in [4.69, 9.17) is 5.73 Å². The SMILES string of the molecule is CCC(N)C(Sc1ncccc1Br)c1ccc(C)s1. The van der Waals surface area contributed by atoms with E-state index in [0.717, 1.165) is 15.9 Å². The molecule has 2 aromatic heterocycles. The second-order valence-corrected chi connectivity index (χ2v) is 7.65. The van der Waals surface area contributed by atoms with E-state index in [0.29, 0.717) is 0 Å². The molecule has 0 saturated carbocycles. The van der Waals surface area contributed by atoms with Crippen LogP contribution < -0.4 is 5.73 Å². The highest BCUT2D eigenvalue weighted by Crippen LogP contribution is 2.42. The largest absolute Gasteiger partial charge is 0.326 e. The molecule has 0 aliphatic rings. The van der Waals surface area contributed by atoms with Crippen LogP contribution in [0.15, 0.2) is 40.0 Å². The Hall–Kier alpha value is -0.360. The molecule has 5 heteroatoms. The van der Waals surface area contributed by atoms with Gasteiger partial charge in [-0.25, -0.2) is 4.98 Å². The first-order valence-corrected chi connectivity index (χ1v) is 8.69. The summed E-state index contributed by atoms with van der Waals surface area (Å²) in [5.74, 6) is 0. The maximum absolute atomic E-state index is 6.30. The molecule has 0 aliphatic heterocycles. The predicted octanol–water partition coefficient (Wildman–Crippen LogP) is 4.78. The molecule has 102 valence electrons. The fraction of sp³-hybridized carbons (Fsp3) is 0.357. The average Bonchev–Trinajstić information content (AvgIpc) is 2.83. The van der Waals surface area contributed by atoms with E-state index in [9.17, 15) is 0 Å². The van der Waals surface area contributed by atoms with Crippen molar-refractivity contribution in [1.29, 1.82) is 0 Å². The van der Waals surface area contributed by atoms with Crippen LogP contribution in [0.25, 0.3) is 0 Å². The van der Waals surface area contributed by atoms with Gasteiger partial charge >= 0.3 is 0 Å². The Morgan fingerprint density at radius 1 is 1.42 bits per heavy atom. The van der Waals surface area contributed by atoms with Gasteiger partial charge in [-0.1, -0.05) is 18.7 Å².